The second-order valence-corrected chi connectivity index (χ2v) is 2.49. The van der Waals surface area contributed by atoms with Crippen molar-refractivity contribution in [1.29, 1.82) is 0 Å². The van der Waals surface area contributed by atoms with Gasteiger partial charge in [0.15, 0.2) is 0 Å². The van der Waals surface area contributed by atoms with Gasteiger partial charge in [0.1, 0.15) is 0 Å². The summed E-state index contributed by atoms with van der Waals surface area (Å²) in [4.78, 5) is 22.0. The van der Waals surface area contributed by atoms with E-state index in [4.69, 9.17) is 11.6 Å². The number of halogens is 1. The molecule has 4 nitrogen and oxygen atoms in total. The molecular weight excluding hydrogens is 196 g/mol. The summed E-state index contributed by atoms with van der Waals surface area (Å²) in [7, 11) is 2.45. The van der Waals surface area contributed by atoms with Crippen LogP contribution in [0.1, 0.15) is 6.92 Å². The summed E-state index contributed by atoms with van der Waals surface area (Å²) in [5.41, 5.74) is 0.292. The Labute approximate surface area is 81.5 Å². The highest BCUT2D eigenvalue weighted by molar-refractivity contribution is 6.23. The minimum absolute atomic E-state index is 0.0758. The molecule has 0 unspecified atom stereocenters. The third-order valence-electron chi connectivity index (χ3n) is 1.51. The van der Waals surface area contributed by atoms with E-state index in [0.717, 1.165) is 0 Å². The maximum atomic E-state index is 11.0. The zero-order valence-corrected chi connectivity index (χ0v) is 8.47. The summed E-state index contributed by atoms with van der Waals surface area (Å²) in [5.74, 6) is -1.27. The van der Waals surface area contributed by atoms with Crippen LogP contribution < -0.4 is 0 Å². The molecule has 0 atom stereocenters. The summed E-state index contributed by atoms with van der Waals surface area (Å²) in [6.07, 6.45) is 0. The van der Waals surface area contributed by atoms with Crippen molar-refractivity contribution >= 4 is 23.5 Å². The largest absolute Gasteiger partial charge is 0.466 e. The number of rotatable bonds is 3. The van der Waals surface area contributed by atoms with Gasteiger partial charge in [0.05, 0.1) is 25.7 Å². The first kappa shape index (κ1) is 12.0. The number of hydrogen-bond acceptors (Lipinski definition) is 4. The van der Waals surface area contributed by atoms with E-state index in [-0.39, 0.29) is 17.0 Å². The average Bonchev–Trinajstić information content (AvgIpc) is 2.17. The molecular formula is C8H11ClO4. The van der Waals surface area contributed by atoms with Crippen LogP contribution in [0.15, 0.2) is 11.1 Å². The molecule has 0 aromatic carbocycles. The maximum Gasteiger partial charge on any atom is 0.335 e. The van der Waals surface area contributed by atoms with Gasteiger partial charge in [0, 0.05) is 5.57 Å². The van der Waals surface area contributed by atoms with E-state index in [0.29, 0.717) is 0 Å². The molecule has 0 aromatic rings. The van der Waals surface area contributed by atoms with Crippen LogP contribution in [-0.2, 0) is 19.1 Å². The lowest BCUT2D eigenvalue weighted by Crippen LogP contribution is -2.13. The predicted molar refractivity (Wildman–Crippen MR) is 47.5 cm³/mol. The smallest absolute Gasteiger partial charge is 0.335 e. The first-order chi connectivity index (χ1) is 6.08. The summed E-state index contributed by atoms with van der Waals surface area (Å²) < 4.78 is 8.86. The third kappa shape index (κ3) is 3.06. The molecule has 13 heavy (non-hydrogen) atoms. The van der Waals surface area contributed by atoms with Crippen molar-refractivity contribution in [2.75, 3.05) is 20.1 Å². The fourth-order valence-corrected chi connectivity index (χ4v) is 1.02. The molecule has 0 aliphatic rings. The Bertz CT molecular complexity index is 245. The van der Waals surface area contributed by atoms with E-state index in [1.165, 1.54) is 21.1 Å². The Morgan fingerprint density at radius 3 is 1.92 bits per heavy atom. The highest BCUT2D eigenvalue weighted by Gasteiger charge is 2.17. The van der Waals surface area contributed by atoms with Crippen LogP contribution in [0.3, 0.4) is 0 Å². The Hall–Kier alpha value is -1.03. The monoisotopic (exact) mass is 206 g/mol. The minimum Gasteiger partial charge on any atom is -0.466 e. The minimum atomic E-state index is -0.613. The van der Waals surface area contributed by atoms with Crippen molar-refractivity contribution in [2.45, 2.75) is 6.92 Å². The molecule has 5 heteroatoms. The lowest BCUT2D eigenvalue weighted by Gasteiger charge is -2.05. The summed E-state index contributed by atoms with van der Waals surface area (Å²) in [6, 6.07) is 0. The van der Waals surface area contributed by atoms with Gasteiger partial charge in [-0.25, -0.2) is 9.59 Å². The van der Waals surface area contributed by atoms with Gasteiger partial charge in [-0.1, -0.05) is 0 Å². The quantitative estimate of drug-likeness (QED) is 0.391. The van der Waals surface area contributed by atoms with Crippen LogP contribution in [0.25, 0.3) is 0 Å². The van der Waals surface area contributed by atoms with Crippen LogP contribution in [0, 0.1) is 0 Å². The first-order valence-corrected chi connectivity index (χ1v) is 4.04. The van der Waals surface area contributed by atoms with Crippen molar-refractivity contribution in [2.24, 2.45) is 0 Å². The molecule has 0 spiro atoms. The van der Waals surface area contributed by atoms with Gasteiger partial charge in [-0.05, 0) is 6.92 Å². The number of hydrogen-bond donors (Lipinski definition) is 0. The highest BCUT2D eigenvalue weighted by Crippen LogP contribution is 2.09. The van der Waals surface area contributed by atoms with Gasteiger partial charge in [-0.3, -0.25) is 0 Å². The molecule has 0 N–H and O–H groups in total. The van der Waals surface area contributed by atoms with Crippen LogP contribution in [0.4, 0.5) is 0 Å². The predicted octanol–water partition coefficient (Wildman–Crippen LogP) is 0.888. The molecule has 0 heterocycles. The summed E-state index contributed by atoms with van der Waals surface area (Å²) in [6.45, 7) is 1.46. The lowest BCUT2D eigenvalue weighted by molar-refractivity contribution is -0.139. The molecule has 0 aliphatic heterocycles. The van der Waals surface area contributed by atoms with Crippen LogP contribution >= 0.6 is 11.6 Å². The fourth-order valence-electron chi connectivity index (χ4n) is 0.707. The van der Waals surface area contributed by atoms with E-state index in [1.807, 2.05) is 0 Å². The van der Waals surface area contributed by atoms with E-state index >= 15 is 0 Å². The van der Waals surface area contributed by atoms with Gasteiger partial charge >= 0.3 is 11.9 Å². The molecule has 0 saturated carbocycles. The molecule has 0 amide bonds. The Kier molecular flexibility index (Phi) is 5.14. The van der Waals surface area contributed by atoms with Crippen LogP contribution in [-0.4, -0.2) is 32.0 Å². The number of carbonyl (C=O) groups excluding carboxylic acids is 2. The van der Waals surface area contributed by atoms with Crippen LogP contribution in [0.2, 0.25) is 0 Å². The van der Waals surface area contributed by atoms with E-state index in [1.54, 1.807) is 0 Å². The topological polar surface area (TPSA) is 52.6 Å². The number of ether oxygens (including phenoxy) is 2. The second-order valence-electron chi connectivity index (χ2n) is 2.22. The molecule has 0 bridgehead atoms. The highest BCUT2D eigenvalue weighted by atomic mass is 35.5. The summed E-state index contributed by atoms with van der Waals surface area (Å²) in [5, 5.41) is 0. The van der Waals surface area contributed by atoms with Gasteiger partial charge < -0.3 is 9.47 Å². The maximum absolute atomic E-state index is 11.0. The molecule has 74 valence electrons. The lowest BCUT2D eigenvalue weighted by atomic mass is 10.1. The number of esters is 2. The summed E-state index contributed by atoms with van der Waals surface area (Å²) >= 11 is 5.47. The molecule has 0 aromatic heterocycles. The van der Waals surface area contributed by atoms with Gasteiger partial charge in [0.25, 0.3) is 0 Å². The molecule has 0 radical (unpaired) electrons. The molecule has 0 aliphatic carbocycles. The molecule has 0 rings (SSSR count). The zero-order valence-electron chi connectivity index (χ0n) is 7.72. The van der Waals surface area contributed by atoms with E-state index < -0.39 is 11.9 Å². The molecule has 0 saturated heterocycles. The van der Waals surface area contributed by atoms with Crippen LogP contribution in [0.5, 0.6) is 0 Å². The number of carbonyl (C=O) groups is 2. The van der Waals surface area contributed by atoms with Crippen molar-refractivity contribution < 1.29 is 19.1 Å². The third-order valence-corrected chi connectivity index (χ3v) is 1.78. The Morgan fingerprint density at radius 2 is 1.62 bits per heavy atom. The Morgan fingerprint density at radius 1 is 1.15 bits per heavy atom. The van der Waals surface area contributed by atoms with Crippen molar-refractivity contribution in [3.8, 4) is 0 Å². The SMILES string of the molecule is COC(=O)/C(C)=C(/CCl)C(=O)OC. The fraction of sp³-hybridized carbons (Fsp3) is 0.500. The van der Waals surface area contributed by atoms with E-state index in [9.17, 15) is 9.59 Å². The normalized spacial score (nSPS) is 11.7. The van der Waals surface area contributed by atoms with Crippen molar-refractivity contribution in [1.82, 2.24) is 0 Å². The number of alkyl halides is 1. The van der Waals surface area contributed by atoms with Gasteiger partial charge in [0.2, 0.25) is 0 Å². The first-order valence-electron chi connectivity index (χ1n) is 3.50. The molecule has 0 fully saturated rings. The second kappa shape index (κ2) is 5.59. The van der Waals surface area contributed by atoms with Gasteiger partial charge in [-0.2, -0.15) is 0 Å². The number of methoxy groups -OCH3 is 2. The van der Waals surface area contributed by atoms with Crippen molar-refractivity contribution in [3.63, 3.8) is 0 Å². The standard InChI is InChI=1S/C8H11ClO4/c1-5(7(10)12-2)6(4-9)8(11)13-3/h4H2,1-3H3/b6-5-. The Balaban J connectivity index is 4.89. The average molecular weight is 207 g/mol. The van der Waals surface area contributed by atoms with E-state index in [2.05, 4.69) is 9.47 Å². The zero-order chi connectivity index (χ0) is 10.4. The van der Waals surface area contributed by atoms with Gasteiger partial charge in [-0.15, -0.1) is 11.6 Å². The van der Waals surface area contributed by atoms with Crippen molar-refractivity contribution in [3.05, 3.63) is 11.1 Å².